The van der Waals surface area contributed by atoms with Gasteiger partial charge in [0.25, 0.3) is 0 Å². The van der Waals surface area contributed by atoms with Crippen LogP contribution in [0.25, 0.3) is 0 Å². The van der Waals surface area contributed by atoms with Gasteiger partial charge in [-0.15, -0.1) is 0 Å². The third-order valence-corrected chi connectivity index (χ3v) is 9.07. The summed E-state index contributed by atoms with van der Waals surface area (Å²) in [5.74, 6) is 2.66. The van der Waals surface area contributed by atoms with Crippen molar-refractivity contribution in [2.24, 2.45) is 29.1 Å². The van der Waals surface area contributed by atoms with E-state index in [0.717, 1.165) is 29.9 Å². The van der Waals surface area contributed by atoms with E-state index in [1.165, 1.54) is 44.9 Å². The minimum Gasteiger partial charge on any atom is -0.393 e. The highest BCUT2D eigenvalue weighted by Crippen LogP contribution is 2.60. The van der Waals surface area contributed by atoms with Crippen LogP contribution in [0.5, 0.6) is 0 Å². The number of aliphatic hydroxyl groups excluding tert-OH is 3. The number of hydrogen-bond donors (Lipinski definition) is 3. The molecule has 0 aromatic carbocycles. The monoisotopic (exact) mass is 414 g/mol. The molecule has 4 saturated carbocycles. The molecule has 4 aliphatic carbocycles. The molecule has 4 fully saturated rings. The minimum atomic E-state index is -0.613. The normalized spacial score (nSPS) is 41.8. The van der Waals surface area contributed by atoms with Gasteiger partial charge in [-0.3, -0.25) is 0 Å². The average Bonchev–Trinajstić information content (AvgIpc) is 3.49. The van der Waals surface area contributed by atoms with E-state index < -0.39 is 12.2 Å². The van der Waals surface area contributed by atoms with Crippen LogP contribution >= 0.6 is 0 Å². The molecule has 3 nitrogen and oxygen atoms in total. The van der Waals surface area contributed by atoms with Crippen LogP contribution in [0.1, 0.15) is 84.5 Å². The van der Waals surface area contributed by atoms with E-state index >= 15 is 0 Å². The maximum absolute atomic E-state index is 10.3. The SMILES string of the molecule is C=C1C(=CC=C2CCC[C@]3(C)[C@@H]([C@H](C)CC[C@H](O)C4CC4)CC[C@@H]23)C[C@@H](O)C[C@@H]1O. The van der Waals surface area contributed by atoms with Crippen molar-refractivity contribution in [2.45, 2.75) is 103 Å². The van der Waals surface area contributed by atoms with E-state index in [1.807, 2.05) is 0 Å². The van der Waals surface area contributed by atoms with Crippen molar-refractivity contribution >= 4 is 0 Å². The van der Waals surface area contributed by atoms with Gasteiger partial charge in [0.15, 0.2) is 0 Å². The molecule has 0 saturated heterocycles. The zero-order valence-electron chi connectivity index (χ0n) is 19.0. The highest BCUT2D eigenvalue weighted by molar-refractivity contribution is 5.38. The fourth-order valence-electron chi connectivity index (χ4n) is 7.03. The number of aliphatic hydroxyl groups is 3. The fraction of sp³-hybridized carbons (Fsp3) is 0.778. The van der Waals surface area contributed by atoms with Crippen molar-refractivity contribution in [3.8, 4) is 0 Å². The van der Waals surface area contributed by atoms with Crippen molar-refractivity contribution in [1.82, 2.24) is 0 Å². The summed E-state index contributed by atoms with van der Waals surface area (Å²) in [6.07, 6.45) is 15.2. The maximum atomic E-state index is 10.3. The summed E-state index contributed by atoms with van der Waals surface area (Å²) >= 11 is 0. The number of hydrogen-bond acceptors (Lipinski definition) is 3. The van der Waals surface area contributed by atoms with Crippen LogP contribution < -0.4 is 0 Å². The van der Waals surface area contributed by atoms with Crippen molar-refractivity contribution < 1.29 is 15.3 Å². The van der Waals surface area contributed by atoms with Crippen LogP contribution in [0.3, 0.4) is 0 Å². The molecule has 30 heavy (non-hydrogen) atoms. The lowest BCUT2D eigenvalue weighted by Crippen LogP contribution is -2.36. The average molecular weight is 415 g/mol. The summed E-state index contributed by atoms with van der Waals surface area (Å²) in [6.45, 7) is 9.01. The van der Waals surface area contributed by atoms with Gasteiger partial charge in [0.1, 0.15) is 0 Å². The first-order valence-electron chi connectivity index (χ1n) is 12.4. The maximum Gasteiger partial charge on any atom is 0.0811 e. The number of allylic oxidation sites excluding steroid dienone is 3. The summed E-state index contributed by atoms with van der Waals surface area (Å²) < 4.78 is 0. The molecule has 0 unspecified atom stereocenters. The second kappa shape index (κ2) is 8.92. The standard InChI is InChI=1S/C27H42O3/c1-17(6-13-25(29)20-8-9-20)23-11-12-24-19(5-4-14-27(23,24)3)7-10-21-15-22(28)16-26(30)18(21)2/h7,10,17,20,22-26,28-30H,2,4-6,8-9,11-16H2,1,3H3/t17-,22-,23-,24+,25+,26+,27-/m1/s1. The van der Waals surface area contributed by atoms with Gasteiger partial charge < -0.3 is 15.3 Å². The topological polar surface area (TPSA) is 60.7 Å². The molecule has 4 aliphatic rings. The van der Waals surface area contributed by atoms with Crippen LogP contribution in [-0.4, -0.2) is 33.6 Å². The second-order valence-electron chi connectivity index (χ2n) is 11.1. The largest absolute Gasteiger partial charge is 0.393 e. The van der Waals surface area contributed by atoms with Gasteiger partial charge in [-0.25, -0.2) is 0 Å². The molecule has 168 valence electrons. The van der Waals surface area contributed by atoms with Gasteiger partial charge in [0, 0.05) is 6.42 Å². The molecule has 0 aliphatic heterocycles. The zero-order chi connectivity index (χ0) is 21.5. The highest BCUT2D eigenvalue weighted by Gasteiger charge is 2.50. The van der Waals surface area contributed by atoms with Crippen molar-refractivity contribution in [3.63, 3.8) is 0 Å². The van der Waals surface area contributed by atoms with E-state index in [-0.39, 0.29) is 6.10 Å². The molecular formula is C27H42O3. The molecule has 0 radical (unpaired) electrons. The summed E-state index contributed by atoms with van der Waals surface area (Å²) in [7, 11) is 0. The third kappa shape index (κ3) is 4.49. The lowest BCUT2D eigenvalue weighted by molar-refractivity contribution is 0.0784. The van der Waals surface area contributed by atoms with Gasteiger partial charge >= 0.3 is 0 Å². The van der Waals surface area contributed by atoms with E-state index in [9.17, 15) is 15.3 Å². The van der Waals surface area contributed by atoms with Crippen LogP contribution in [0.2, 0.25) is 0 Å². The number of rotatable bonds is 6. The van der Waals surface area contributed by atoms with Gasteiger partial charge in [-0.05, 0) is 104 Å². The van der Waals surface area contributed by atoms with E-state index in [1.54, 1.807) is 5.57 Å². The van der Waals surface area contributed by atoms with Gasteiger partial charge in [0.05, 0.1) is 18.3 Å². The Kier molecular flexibility index (Phi) is 6.63. The Hall–Kier alpha value is -0.900. The third-order valence-electron chi connectivity index (χ3n) is 9.07. The Morgan fingerprint density at radius 2 is 1.90 bits per heavy atom. The van der Waals surface area contributed by atoms with Crippen LogP contribution in [0.15, 0.2) is 35.5 Å². The van der Waals surface area contributed by atoms with Crippen LogP contribution in [0.4, 0.5) is 0 Å². The molecule has 0 spiro atoms. The number of fused-ring (bicyclic) bond motifs is 1. The zero-order valence-corrected chi connectivity index (χ0v) is 19.0. The fourth-order valence-corrected chi connectivity index (χ4v) is 7.03. The summed E-state index contributed by atoms with van der Waals surface area (Å²) in [5, 5.41) is 30.5. The van der Waals surface area contributed by atoms with Crippen LogP contribution in [0, 0.1) is 29.1 Å². The lowest BCUT2D eigenvalue weighted by Gasteiger charge is -2.44. The highest BCUT2D eigenvalue weighted by atomic mass is 16.3. The Labute approximate surface area is 183 Å². The first-order chi connectivity index (χ1) is 14.3. The van der Waals surface area contributed by atoms with Gasteiger partial charge in [0.2, 0.25) is 0 Å². The van der Waals surface area contributed by atoms with E-state index in [4.69, 9.17) is 0 Å². The van der Waals surface area contributed by atoms with E-state index in [2.05, 4.69) is 32.6 Å². The van der Waals surface area contributed by atoms with Crippen molar-refractivity contribution in [1.29, 1.82) is 0 Å². The second-order valence-corrected chi connectivity index (χ2v) is 11.1. The molecule has 0 aromatic rings. The molecule has 0 amide bonds. The van der Waals surface area contributed by atoms with Gasteiger partial charge in [-0.2, -0.15) is 0 Å². The molecule has 3 heteroatoms. The summed E-state index contributed by atoms with van der Waals surface area (Å²) in [6, 6.07) is 0. The predicted molar refractivity (Wildman–Crippen MR) is 122 cm³/mol. The Morgan fingerprint density at radius 3 is 2.63 bits per heavy atom. The first kappa shape index (κ1) is 22.3. The summed E-state index contributed by atoms with van der Waals surface area (Å²) in [5.41, 5.74) is 3.72. The van der Waals surface area contributed by atoms with Crippen molar-refractivity contribution in [3.05, 3.63) is 35.5 Å². The molecule has 0 bridgehead atoms. The molecular weight excluding hydrogens is 372 g/mol. The molecule has 0 aromatic heterocycles. The van der Waals surface area contributed by atoms with Gasteiger partial charge in [-0.1, -0.05) is 38.2 Å². The minimum absolute atomic E-state index is 0.0693. The quantitative estimate of drug-likeness (QED) is 0.552. The smallest absolute Gasteiger partial charge is 0.0811 e. The Morgan fingerprint density at radius 1 is 1.13 bits per heavy atom. The Bertz CT molecular complexity index is 703. The predicted octanol–water partition coefficient (Wildman–Crippen LogP) is 5.31. The summed E-state index contributed by atoms with van der Waals surface area (Å²) in [4.78, 5) is 0. The molecule has 7 atom stereocenters. The molecule has 4 rings (SSSR count). The Balaban J connectivity index is 1.44. The molecule has 3 N–H and O–H groups in total. The first-order valence-corrected chi connectivity index (χ1v) is 12.4. The lowest BCUT2D eigenvalue weighted by atomic mass is 9.60. The van der Waals surface area contributed by atoms with Crippen LogP contribution in [-0.2, 0) is 0 Å². The van der Waals surface area contributed by atoms with Crippen molar-refractivity contribution in [2.75, 3.05) is 0 Å². The van der Waals surface area contributed by atoms with E-state index in [0.29, 0.717) is 36.0 Å². The molecule has 0 heterocycles.